The first-order valence-electron chi connectivity index (χ1n) is 6.09. The number of nitrogens with two attached hydrogens (primary N) is 1. The summed E-state index contributed by atoms with van der Waals surface area (Å²) in [5.74, 6) is -0.735. The monoisotopic (exact) mass is 284 g/mol. The lowest BCUT2D eigenvalue weighted by Gasteiger charge is -2.18. The minimum absolute atomic E-state index is 0.144. The van der Waals surface area contributed by atoms with Gasteiger partial charge in [0.05, 0.1) is 18.7 Å². The average Bonchev–Trinajstić information content (AvgIpc) is 2.70. The quantitative estimate of drug-likeness (QED) is 0.810. The van der Waals surface area contributed by atoms with Crippen LogP contribution in [0, 0.1) is 18.8 Å². The average molecular weight is 284 g/mol. The van der Waals surface area contributed by atoms with Gasteiger partial charge in [0.2, 0.25) is 5.91 Å². The number of aryl methyl sites for hydroxylation is 1. The minimum atomic E-state index is -0.442. The van der Waals surface area contributed by atoms with E-state index in [0.29, 0.717) is 10.6 Å². The third-order valence-corrected chi connectivity index (χ3v) is 4.07. The lowest BCUT2D eigenvalue weighted by Crippen LogP contribution is -2.33. The zero-order valence-electron chi connectivity index (χ0n) is 11.6. The summed E-state index contributed by atoms with van der Waals surface area (Å²) < 4.78 is 4.70. The second-order valence-electron chi connectivity index (χ2n) is 4.69. The predicted octanol–water partition coefficient (Wildman–Crippen LogP) is 2.01. The van der Waals surface area contributed by atoms with Gasteiger partial charge in [-0.15, -0.1) is 11.3 Å². The van der Waals surface area contributed by atoms with E-state index in [0.717, 1.165) is 5.56 Å². The molecule has 0 aromatic carbocycles. The Labute approximate surface area is 117 Å². The molecule has 0 bridgehead atoms. The second-order valence-corrected chi connectivity index (χ2v) is 5.57. The molecule has 3 N–H and O–H groups in total. The van der Waals surface area contributed by atoms with Crippen molar-refractivity contribution in [3.8, 4) is 0 Å². The van der Waals surface area contributed by atoms with Crippen LogP contribution in [0.5, 0.6) is 0 Å². The van der Waals surface area contributed by atoms with E-state index in [-0.39, 0.29) is 24.3 Å². The van der Waals surface area contributed by atoms with Crippen molar-refractivity contribution < 1.29 is 14.3 Å². The van der Waals surface area contributed by atoms with Gasteiger partial charge in [0.1, 0.15) is 4.88 Å². The first kappa shape index (κ1) is 15.7. The number of methoxy groups -OCH3 is 1. The highest BCUT2D eigenvalue weighted by Crippen LogP contribution is 2.29. The van der Waals surface area contributed by atoms with Gasteiger partial charge >= 0.3 is 5.97 Å². The Hall–Kier alpha value is -1.40. The first-order chi connectivity index (χ1) is 8.92. The van der Waals surface area contributed by atoms with Crippen molar-refractivity contribution >= 4 is 28.9 Å². The van der Waals surface area contributed by atoms with E-state index >= 15 is 0 Å². The number of carbonyl (C=O) groups is 2. The minimum Gasteiger partial charge on any atom is -0.465 e. The van der Waals surface area contributed by atoms with Crippen LogP contribution in [0.4, 0.5) is 5.69 Å². The molecule has 0 spiro atoms. The normalized spacial score (nSPS) is 12.3. The van der Waals surface area contributed by atoms with Crippen LogP contribution in [0.2, 0.25) is 0 Å². The van der Waals surface area contributed by atoms with Crippen molar-refractivity contribution in [2.75, 3.05) is 19.0 Å². The number of ether oxygens (including phenoxy) is 1. The maximum absolute atomic E-state index is 12.2. The van der Waals surface area contributed by atoms with Crippen LogP contribution in [-0.4, -0.2) is 25.5 Å². The fraction of sp³-hybridized carbons (Fsp3) is 0.538. The molecule has 0 aliphatic rings. The molecule has 6 heteroatoms. The van der Waals surface area contributed by atoms with Crippen LogP contribution < -0.4 is 11.1 Å². The van der Waals surface area contributed by atoms with Crippen molar-refractivity contribution in [1.29, 1.82) is 0 Å². The van der Waals surface area contributed by atoms with E-state index in [4.69, 9.17) is 10.5 Å². The number of anilines is 1. The van der Waals surface area contributed by atoms with Crippen molar-refractivity contribution in [2.45, 2.75) is 20.8 Å². The molecule has 1 aromatic rings. The molecule has 19 heavy (non-hydrogen) atoms. The highest BCUT2D eigenvalue weighted by Gasteiger charge is 2.24. The molecule has 0 fully saturated rings. The Morgan fingerprint density at radius 1 is 1.47 bits per heavy atom. The molecule has 106 valence electrons. The van der Waals surface area contributed by atoms with Crippen LogP contribution in [0.1, 0.15) is 29.1 Å². The van der Waals surface area contributed by atoms with E-state index < -0.39 is 5.97 Å². The fourth-order valence-corrected chi connectivity index (χ4v) is 2.66. The predicted molar refractivity (Wildman–Crippen MR) is 76.4 cm³/mol. The summed E-state index contributed by atoms with van der Waals surface area (Å²) >= 11 is 1.26. The zero-order chi connectivity index (χ0) is 14.6. The molecule has 1 heterocycles. The molecule has 0 saturated heterocycles. The molecule has 1 aromatic heterocycles. The fourth-order valence-electron chi connectivity index (χ4n) is 1.74. The van der Waals surface area contributed by atoms with Gasteiger partial charge < -0.3 is 15.8 Å². The second kappa shape index (κ2) is 6.68. The molecule has 0 aliphatic heterocycles. The van der Waals surface area contributed by atoms with Gasteiger partial charge in [0.25, 0.3) is 0 Å². The van der Waals surface area contributed by atoms with Crippen LogP contribution in [0.25, 0.3) is 0 Å². The number of nitrogens with one attached hydrogen (secondary N) is 1. The van der Waals surface area contributed by atoms with E-state index in [1.165, 1.54) is 18.4 Å². The van der Waals surface area contributed by atoms with Gasteiger partial charge in [-0.25, -0.2) is 4.79 Å². The van der Waals surface area contributed by atoms with E-state index in [1.807, 2.05) is 26.2 Å². The van der Waals surface area contributed by atoms with Gasteiger partial charge in [-0.2, -0.15) is 0 Å². The number of amides is 1. The van der Waals surface area contributed by atoms with Crippen LogP contribution in [0.15, 0.2) is 5.38 Å². The number of esters is 1. The molecule has 1 unspecified atom stereocenters. The third-order valence-electron chi connectivity index (χ3n) is 2.99. The summed E-state index contributed by atoms with van der Waals surface area (Å²) in [6.45, 7) is 6.00. The van der Waals surface area contributed by atoms with E-state index in [2.05, 4.69) is 5.32 Å². The molecule has 0 aliphatic carbocycles. The summed E-state index contributed by atoms with van der Waals surface area (Å²) in [5, 5.41) is 4.61. The largest absolute Gasteiger partial charge is 0.465 e. The third kappa shape index (κ3) is 3.54. The van der Waals surface area contributed by atoms with E-state index in [9.17, 15) is 9.59 Å². The maximum Gasteiger partial charge on any atom is 0.350 e. The summed E-state index contributed by atoms with van der Waals surface area (Å²) in [7, 11) is 1.32. The summed E-state index contributed by atoms with van der Waals surface area (Å²) in [6.07, 6.45) is 0. The van der Waals surface area contributed by atoms with Gasteiger partial charge in [0, 0.05) is 6.54 Å². The molecule has 5 nitrogen and oxygen atoms in total. The zero-order valence-corrected chi connectivity index (χ0v) is 12.5. The highest BCUT2D eigenvalue weighted by molar-refractivity contribution is 7.12. The Kier molecular flexibility index (Phi) is 5.50. The molecular weight excluding hydrogens is 264 g/mol. The Morgan fingerprint density at radius 2 is 2.11 bits per heavy atom. The highest BCUT2D eigenvalue weighted by atomic mass is 32.1. The molecular formula is C13H20N2O3S. The van der Waals surface area contributed by atoms with Crippen LogP contribution in [-0.2, 0) is 9.53 Å². The summed E-state index contributed by atoms with van der Waals surface area (Å²) in [4.78, 5) is 24.2. The van der Waals surface area contributed by atoms with Crippen LogP contribution in [0.3, 0.4) is 0 Å². The van der Waals surface area contributed by atoms with Crippen molar-refractivity contribution in [3.05, 3.63) is 15.8 Å². The van der Waals surface area contributed by atoms with Crippen molar-refractivity contribution in [2.24, 2.45) is 17.6 Å². The standard InChI is InChI=1S/C13H20N2O3S/c1-7(2)9(5-14)12(16)15-10-8(3)6-19-11(10)13(17)18-4/h6-7,9H,5,14H2,1-4H3,(H,15,16). The summed E-state index contributed by atoms with van der Waals surface area (Å²) in [5.41, 5.74) is 6.99. The Balaban J connectivity index is 2.96. The summed E-state index contributed by atoms with van der Waals surface area (Å²) in [6, 6.07) is 0. The molecule has 1 amide bonds. The first-order valence-corrected chi connectivity index (χ1v) is 6.97. The number of thiophene rings is 1. The van der Waals surface area contributed by atoms with E-state index in [1.54, 1.807) is 0 Å². The Bertz CT molecular complexity index is 468. The molecule has 0 radical (unpaired) electrons. The lowest BCUT2D eigenvalue weighted by atomic mass is 9.95. The molecule has 1 atom stereocenters. The van der Waals surface area contributed by atoms with Crippen LogP contribution >= 0.6 is 11.3 Å². The Morgan fingerprint density at radius 3 is 2.58 bits per heavy atom. The smallest absolute Gasteiger partial charge is 0.350 e. The van der Waals surface area contributed by atoms with Gasteiger partial charge in [-0.1, -0.05) is 13.8 Å². The number of carbonyl (C=O) groups excluding carboxylic acids is 2. The van der Waals surface area contributed by atoms with Gasteiger partial charge in [-0.05, 0) is 23.8 Å². The van der Waals surface area contributed by atoms with Gasteiger partial charge in [-0.3, -0.25) is 4.79 Å². The maximum atomic E-state index is 12.2. The SMILES string of the molecule is COC(=O)c1scc(C)c1NC(=O)C(CN)C(C)C. The molecule has 0 saturated carbocycles. The van der Waals surface area contributed by atoms with Crippen molar-refractivity contribution in [3.63, 3.8) is 0 Å². The number of hydrogen-bond acceptors (Lipinski definition) is 5. The molecule has 1 rings (SSSR count). The number of hydrogen-bond donors (Lipinski definition) is 2. The number of rotatable bonds is 5. The van der Waals surface area contributed by atoms with Gasteiger partial charge in [0.15, 0.2) is 0 Å². The van der Waals surface area contributed by atoms with Crippen molar-refractivity contribution in [1.82, 2.24) is 0 Å². The topological polar surface area (TPSA) is 81.4 Å². The lowest BCUT2D eigenvalue weighted by molar-refractivity contribution is -0.120.